The fourth-order valence-electron chi connectivity index (χ4n) is 3.36. The lowest BCUT2D eigenvalue weighted by molar-refractivity contribution is -0.120. The van der Waals surface area contributed by atoms with E-state index in [1.807, 2.05) is 0 Å². The Morgan fingerprint density at radius 1 is 1.36 bits per heavy atom. The Labute approximate surface area is 170 Å². The van der Waals surface area contributed by atoms with E-state index in [2.05, 4.69) is 10.3 Å². The molecular weight excluding hydrogens is 397 g/mol. The van der Waals surface area contributed by atoms with E-state index in [4.69, 9.17) is 0 Å². The summed E-state index contributed by atoms with van der Waals surface area (Å²) in [4.78, 5) is 32.0. The molecule has 28 heavy (non-hydrogen) atoms. The van der Waals surface area contributed by atoms with Crippen LogP contribution < -0.4 is 10.9 Å². The van der Waals surface area contributed by atoms with Crippen molar-refractivity contribution < 1.29 is 9.18 Å². The van der Waals surface area contributed by atoms with Crippen molar-refractivity contribution in [2.45, 2.75) is 43.1 Å². The maximum atomic E-state index is 13.0. The topological polar surface area (TPSA) is 64.0 Å². The summed E-state index contributed by atoms with van der Waals surface area (Å²) in [6.07, 6.45) is 3.06. The standard InChI is InChI=1S/C20H20FN3O2S2/c1-11(17(25)22-10-12-6-8-13(21)9-7-12)27-20-23-18-16(19(26)24(20)2)14-4-3-5-15(14)28-18/h6-9,11H,3-5,10H2,1-2H3,(H,22,25)/t11-/m0/s1. The molecular formula is C20H20FN3O2S2. The smallest absolute Gasteiger partial charge is 0.262 e. The number of carbonyl (C=O) groups excluding carboxylic acids is 1. The van der Waals surface area contributed by atoms with Crippen LogP contribution in [0.3, 0.4) is 0 Å². The molecule has 1 atom stereocenters. The predicted molar refractivity (Wildman–Crippen MR) is 110 cm³/mol. The monoisotopic (exact) mass is 417 g/mol. The van der Waals surface area contributed by atoms with Gasteiger partial charge in [-0.15, -0.1) is 11.3 Å². The molecule has 2 heterocycles. The number of carbonyl (C=O) groups is 1. The lowest BCUT2D eigenvalue weighted by atomic mass is 10.2. The van der Waals surface area contributed by atoms with Crippen LogP contribution in [0.15, 0.2) is 34.2 Å². The van der Waals surface area contributed by atoms with Crippen LogP contribution in [0.2, 0.25) is 0 Å². The molecule has 0 unspecified atom stereocenters. The molecule has 2 aromatic heterocycles. The summed E-state index contributed by atoms with van der Waals surface area (Å²) in [5, 5.41) is 3.72. The largest absolute Gasteiger partial charge is 0.351 e. The third-order valence-corrected chi connectivity index (χ3v) is 7.27. The summed E-state index contributed by atoms with van der Waals surface area (Å²) >= 11 is 2.87. The van der Waals surface area contributed by atoms with Crippen molar-refractivity contribution in [2.75, 3.05) is 0 Å². The van der Waals surface area contributed by atoms with E-state index < -0.39 is 5.25 Å². The number of fused-ring (bicyclic) bond motifs is 3. The highest BCUT2D eigenvalue weighted by molar-refractivity contribution is 8.00. The molecule has 1 aromatic carbocycles. The first kappa shape index (κ1) is 19.1. The molecule has 0 aliphatic heterocycles. The van der Waals surface area contributed by atoms with Gasteiger partial charge in [0.05, 0.1) is 10.6 Å². The number of hydrogen-bond donors (Lipinski definition) is 1. The number of nitrogens with one attached hydrogen (secondary N) is 1. The van der Waals surface area contributed by atoms with E-state index in [0.29, 0.717) is 11.7 Å². The molecule has 0 spiro atoms. The second kappa shape index (κ2) is 7.67. The highest BCUT2D eigenvalue weighted by Gasteiger charge is 2.24. The first-order chi connectivity index (χ1) is 13.4. The third kappa shape index (κ3) is 3.58. The van der Waals surface area contributed by atoms with E-state index in [1.54, 1.807) is 42.0 Å². The van der Waals surface area contributed by atoms with Gasteiger partial charge in [-0.1, -0.05) is 23.9 Å². The number of hydrogen-bond acceptors (Lipinski definition) is 5. The van der Waals surface area contributed by atoms with Crippen LogP contribution in [0.1, 0.15) is 29.3 Å². The van der Waals surface area contributed by atoms with Crippen LogP contribution in [0, 0.1) is 5.82 Å². The molecule has 3 aromatic rings. The average molecular weight is 418 g/mol. The van der Waals surface area contributed by atoms with E-state index in [0.717, 1.165) is 40.6 Å². The van der Waals surface area contributed by atoms with Crippen molar-refractivity contribution in [3.63, 3.8) is 0 Å². The summed E-state index contributed by atoms with van der Waals surface area (Å²) in [6, 6.07) is 6.02. The molecule has 1 amide bonds. The fourth-order valence-corrected chi connectivity index (χ4v) is 5.56. The van der Waals surface area contributed by atoms with Gasteiger partial charge in [0, 0.05) is 18.5 Å². The van der Waals surface area contributed by atoms with Crippen molar-refractivity contribution in [1.29, 1.82) is 0 Å². The Morgan fingerprint density at radius 2 is 2.11 bits per heavy atom. The highest BCUT2D eigenvalue weighted by Crippen LogP contribution is 2.35. The van der Waals surface area contributed by atoms with Crippen molar-refractivity contribution in [3.05, 3.63) is 56.4 Å². The van der Waals surface area contributed by atoms with Gasteiger partial charge < -0.3 is 5.32 Å². The van der Waals surface area contributed by atoms with Crippen molar-refractivity contribution >= 4 is 39.2 Å². The SMILES string of the molecule is C[C@H](Sc1nc2sc3c(c2c(=O)n1C)CCC3)C(=O)NCc1ccc(F)cc1. The Morgan fingerprint density at radius 3 is 2.86 bits per heavy atom. The molecule has 5 nitrogen and oxygen atoms in total. The minimum Gasteiger partial charge on any atom is -0.351 e. The van der Waals surface area contributed by atoms with Crippen LogP contribution in [-0.2, 0) is 31.2 Å². The predicted octanol–water partition coefficient (Wildman–Crippen LogP) is 3.42. The number of thioether (sulfide) groups is 1. The molecule has 8 heteroatoms. The lowest BCUT2D eigenvalue weighted by Crippen LogP contribution is -2.31. The van der Waals surface area contributed by atoms with Crippen LogP contribution in [0.4, 0.5) is 4.39 Å². The number of thiophene rings is 1. The highest BCUT2D eigenvalue weighted by atomic mass is 32.2. The van der Waals surface area contributed by atoms with Gasteiger partial charge in [0.25, 0.3) is 5.56 Å². The molecule has 0 saturated heterocycles. The normalized spacial score (nSPS) is 14.2. The second-order valence-electron chi connectivity index (χ2n) is 6.90. The van der Waals surface area contributed by atoms with E-state index >= 15 is 0 Å². The summed E-state index contributed by atoms with van der Waals surface area (Å²) in [5.41, 5.74) is 1.95. The van der Waals surface area contributed by atoms with Gasteiger partial charge in [0.2, 0.25) is 5.91 Å². The van der Waals surface area contributed by atoms with Crippen molar-refractivity contribution in [1.82, 2.24) is 14.9 Å². The average Bonchev–Trinajstić information content (AvgIpc) is 3.25. The van der Waals surface area contributed by atoms with Crippen LogP contribution in [0.25, 0.3) is 10.2 Å². The third-order valence-electron chi connectivity index (χ3n) is 4.94. The Hall–Kier alpha value is -2.19. The molecule has 1 aliphatic rings. The Kier molecular flexibility index (Phi) is 5.25. The molecule has 0 bridgehead atoms. The lowest BCUT2D eigenvalue weighted by Gasteiger charge is -2.13. The number of aryl methyl sites for hydroxylation is 2. The number of halogens is 1. The molecule has 0 fully saturated rings. The van der Waals surface area contributed by atoms with Gasteiger partial charge in [-0.25, -0.2) is 9.37 Å². The molecule has 0 saturated carbocycles. The first-order valence-corrected chi connectivity index (χ1v) is 10.8. The van der Waals surface area contributed by atoms with Crippen LogP contribution >= 0.6 is 23.1 Å². The molecule has 146 valence electrons. The summed E-state index contributed by atoms with van der Waals surface area (Å²) in [6.45, 7) is 2.11. The first-order valence-electron chi connectivity index (χ1n) is 9.14. The molecule has 4 rings (SSSR count). The second-order valence-corrected chi connectivity index (χ2v) is 9.29. The fraction of sp³-hybridized carbons (Fsp3) is 0.350. The Balaban J connectivity index is 1.49. The zero-order valence-electron chi connectivity index (χ0n) is 15.6. The van der Waals surface area contributed by atoms with Gasteiger partial charge in [0.15, 0.2) is 5.16 Å². The number of rotatable bonds is 5. The summed E-state index contributed by atoms with van der Waals surface area (Å²) in [7, 11) is 1.71. The summed E-state index contributed by atoms with van der Waals surface area (Å²) in [5.74, 6) is -0.460. The van der Waals surface area contributed by atoms with E-state index in [1.165, 1.54) is 28.8 Å². The zero-order valence-corrected chi connectivity index (χ0v) is 17.3. The zero-order chi connectivity index (χ0) is 19.8. The van der Waals surface area contributed by atoms with E-state index in [9.17, 15) is 14.0 Å². The maximum absolute atomic E-state index is 13.0. The van der Waals surface area contributed by atoms with Gasteiger partial charge in [-0.05, 0) is 49.4 Å². The minimum absolute atomic E-state index is 0.0363. The number of nitrogens with zero attached hydrogens (tertiary/aromatic N) is 2. The van der Waals surface area contributed by atoms with E-state index in [-0.39, 0.29) is 17.3 Å². The quantitative estimate of drug-likeness (QED) is 0.510. The van der Waals surface area contributed by atoms with Crippen molar-refractivity contribution in [3.8, 4) is 0 Å². The van der Waals surface area contributed by atoms with Gasteiger partial charge >= 0.3 is 0 Å². The van der Waals surface area contributed by atoms with Crippen molar-refractivity contribution in [2.24, 2.45) is 7.05 Å². The maximum Gasteiger partial charge on any atom is 0.262 e. The minimum atomic E-state index is -0.414. The van der Waals surface area contributed by atoms with Crippen LogP contribution in [-0.4, -0.2) is 20.7 Å². The summed E-state index contributed by atoms with van der Waals surface area (Å²) < 4.78 is 14.5. The molecule has 1 aliphatic carbocycles. The van der Waals surface area contributed by atoms with Gasteiger partial charge in [0.1, 0.15) is 10.6 Å². The molecule has 1 N–H and O–H groups in total. The number of benzene rings is 1. The van der Waals surface area contributed by atoms with Crippen LogP contribution in [0.5, 0.6) is 0 Å². The Bertz CT molecular complexity index is 1110. The number of aromatic nitrogens is 2. The van der Waals surface area contributed by atoms with Gasteiger partial charge in [-0.3, -0.25) is 14.2 Å². The number of amides is 1. The molecule has 0 radical (unpaired) electrons. The van der Waals surface area contributed by atoms with Gasteiger partial charge in [-0.2, -0.15) is 0 Å².